The summed E-state index contributed by atoms with van der Waals surface area (Å²) in [4.78, 5) is 13.7. The molecule has 3 rings (SSSR count). The smallest absolute Gasteiger partial charge is 0.223 e. The molecule has 24 heavy (non-hydrogen) atoms. The molecule has 2 aromatic rings. The number of rotatable bonds is 5. The van der Waals surface area contributed by atoms with E-state index in [9.17, 15) is 5.11 Å². The average molecular weight is 329 g/mol. The zero-order valence-electron chi connectivity index (χ0n) is 14.7. The van der Waals surface area contributed by atoms with Gasteiger partial charge in [-0.05, 0) is 39.7 Å². The lowest BCUT2D eigenvalue weighted by Gasteiger charge is -2.23. The van der Waals surface area contributed by atoms with Gasteiger partial charge in [-0.1, -0.05) is 19.3 Å². The van der Waals surface area contributed by atoms with Gasteiger partial charge in [-0.2, -0.15) is 0 Å². The molecule has 1 atom stereocenters. The summed E-state index contributed by atoms with van der Waals surface area (Å²) in [6, 6.07) is 2.55. The molecule has 6 heteroatoms. The van der Waals surface area contributed by atoms with E-state index in [1.807, 2.05) is 12.3 Å². The maximum Gasteiger partial charge on any atom is 0.223 e. The molecule has 0 amide bonds. The number of nitrogens with one attached hydrogen (secondary N) is 2. The molecule has 6 nitrogen and oxygen atoms in total. The first-order valence-corrected chi connectivity index (χ1v) is 8.92. The van der Waals surface area contributed by atoms with Gasteiger partial charge in [0.25, 0.3) is 0 Å². The van der Waals surface area contributed by atoms with E-state index in [0.717, 1.165) is 10.9 Å². The minimum Gasteiger partial charge on any atom is -0.387 e. The molecule has 0 spiro atoms. The lowest BCUT2D eigenvalue weighted by Crippen LogP contribution is -2.23. The second-order valence-electron chi connectivity index (χ2n) is 6.98. The first-order valence-electron chi connectivity index (χ1n) is 8.92. The minimum atomic E-state index is -0.623. The Morgan fingerprint density at radius 2 is 1.88 bits per heavy atom. The van der Waals surface area contributed by atoms with Gasteiger partial charge in [-0.15, -0.1) is 0 Å². The molecule has 1 saturated carbocycles. The van der Waals surface area contributed by atoms with E-state index < -0.39 is 6.10 Å². The number of aliphatic hydroxyl groups excluding tert-OH is 1. The molecule has 0 bridgehead atoms. The molecule has 1 aliphatic rings. The van der Waals surface area contributed by atoms with Crippen LogP contribution < -0.4 is 10.6 Å². The number of nitrogens with zero attached hydrogens (tertiary/aromatic N) is 3. The highest BCUT2D eigenvalue weighted by atomic mass is 16.3. The van der Waals surface area contributed by atoms with Crippen LogP contribution in [-0.2, 0) is 0 Å². The molecule has 2 heterocycles. The van der Waals surface area contributed by atoms with Crippen LogP contribution in [0.15, 0.2) is 12.3 Å². The van der Waals surface area contributed by atoms with Crippen molar-refractivity contribution in [1.82, 2.24) is 15.0 Å². The Morgan fingerprint density at radius 1 is 1.12 bits per heavy atom. The van der Waals surface area contributed by atoms with E-state index in [1.54, 1.807) is 6.92 Å². The van der Waals surface area contributed by atoms with Crippen molar-refractivity contribution in [1.29, 1.82) is 0 Å². The van der Waals surface area contributed by atoms with Crippen molar-refractivity contribution in [3.63, 3.8) is 0 Å². The molecule has 1 fully saturated rings. The first kappa shape index (κ1) is 16.9. The average Bonchev–Trinajstić information content (AvgIpc) is 2.55. The quantitative estimate of drug-likeness (QED) is 0.777. The lowest BCUT2D eigenvalue weighted by atomic mass is 9.96. The van der Waals surface area contributed by atoms with E-state index in [2.05, 4.69) is 34.4 Å². The highest BCUT2D eigenvalue weighted by Crippen LogP contribution is 2.26. The summed E-state index contributed by atoms with van der Waals surface area (Å²) < 4.78 is 0. The molecule has 0 unspecified atom stereocenters. The summed E-state index contributed by atoms with van der Waals surface area (Å²) in [5, 5.41) is 17.6. The van der Waals surface area contributed by atoms with E-state index in [1.165, 1.54) is 32.1 Å². The second kappa shape index (κ2) is 7.30. The summed E-state index contributed by atoms with van der Waals surface area (Å²) in [6.45, 7) is 5.84. The minimum absolute atomic E-state index is 0.231. The van der Waals surface area contributed by atoms with Crippen molar-refractivity contribution in [3.05, 3.63) is 18.0 Å². The lowest BCUT2D eigenvalue weighted by molar-refractivity contribution is 0.194. The number of hydrogen-bond donors (Lipinski definition) is 3. The Bertz CT molecular complexity index is 695. The fourth-order valence-electron chi connectivity index (χ4n) is 3.15. The Balaban J connectivity index is 1.95. The van der Waals surface area contributed by atoms with Crippen molar-refractivity contribution in [2.45, 2.75) is 71.1 Å². The van der Waals surface area contributed by atoms with Crippen LogP contribution in [0.1, 0.15) is 64.7 Å². The maximum atomic E-state index is 9.87. The molecule has 0 aliphatic heterocycles. The standard InChI is InChI=1S/C18H27N5O/c1-11(2)20-17-16-13(9-15(22-17)12(3)24)10-19-18(23-16)21-14-7-5-4-6-8-14/h9-12,14,24H,4-8H2,1-3H3,(H,20,22)(H,19,21,23)/t12-/m1/s1. The van der Waals surface area contributed by atoms with E-state index in [-0.39, 0.29) is 6.04 Å². The van der Waals surface area contributed by atoms with Crippen LogP contribution in [0.2, 0.25) is 0 Å². The number of fused-ring (bicyclic) bond motifs is 1. The summed E-state index contributed by atoms with van der Waals surface area (Å²) in [5.74, 6) is 1.36. The van der Waals surface area contributed by atoms with Gasteiger partial charge in [0.15, 0.2) is 5.82 Å². The van der Waals surface area contributed by atoms with Crippen molar-refractivity contribution >= 4 is 22.7 Å². The van der Waals surface area contributed by atoms with Crippen molar-refractivity contribution < 1.29 is 5.11 Å². The highest BCUT2D eigenvalue weighted by Gasteiger charge is 2.16. The van der Waals surface area contributed by atoms with Gasteiger partial charge in [0.05, 0.1) is 11.8 Å². The van der Waals surface area contributed by atoms with Crippen LogP contribution in [0, 0.1) is 0 Å². The molecule has 2 aromatic heterocycles. The summed E-state index contributed by atoms with van der Waals surface area (Å²) in [5.41, 5.74) is 1.42. The monoisotopic (exact) mass is 329 g/mol. The molecule has 130 valence electrons. The normalized spacial score (nSPS) is 17.2. The first-order chi connectivity index (χ1) is 11.5. The van der Waals surface area contributed by atoms with E-state index in [4.69, 9.17) is 4.98 Å². The third-order valence-corrected chi connectivity index (χ3v) is 4.38. The topological polar surface area (TPSA) is 83.0 Å². The van der Waals surface area contributed by atoms with Crippen molar-refractivity contribution in [3.8, 4) is 0 Å². The number of aliphatic hydroxyl groups is 1. The number of hydrogen-bond acceptors (Lipinski definition) is 6. The van der Waals surface area contributed by atoms with E-state index in [0.29, 0.717) is 23.5 Å². The fraction of sp³-hybridized carbons (Fsp3) is 0.611. The van der Waals surface area contributed by atoms with Gasteiger partial charge >= 0.3 is 0 Å². The van der Waals surface area contributed by atoms with Crippen LogP contribution in [-0.4, -0.2) is 32.1 Å². The number of pyridine rings is 1. The number of aromatic nitrogens is 3. The maximum absolute atomic E-state index is 9.87. The van der Waals surface area contributed by atoms with Gasteiger partial charge in [0, 0.05) is 23.7 Å². The van der Waals surface area contributed by atoms with Gasteiger partial charge in [0.2, 0.25) is 5.95 Å². The Hall–Kier alpha value is -1.95. The molecular formula is C18H27N5O. The third-order valence-electron chi connectivity index (χ3n) is 4.38. The molecule has 0 saturated heterocycles. The second-order valence-corrected chi connectivity index (χ2v) is 6.98. The Labute approximate surface area is 143 Å². The predicted molar refractivity (Wildman–Crippen MR) is 97.2 cm³/mol. The van der Waals surface area contributed by atoms with Crippen molar-refractivity contribution in [2.24, 2.45) is 0 Å². The molecule has 1 aliphatic carbocycles. The van der Waals surface area contributed by atoms with Crippen molar-refractivity contribution in [2.75, 3.05) is 10.6 Å². The summed E-state index contributed by atoms with van der Waals surface area (Å²) >= 11 is 0. The zero-order chi connectivity index (χ0) is 17.1. The molecular weight excluding hydrogens is 302 g/mol. The highest BCUT2D eigenvalue weighted by molar-refractivity contribution is 5.89. The molecule has 0 radical (unpaired) electrons. The third kappa shape index (κ3) is 3.93. The zero-order valence-corrected chi connectivity index (χ0v) is 14.7. The predicted octanol–water partition coefficient (Wildman–Crippen LogP) is 3.64. The summed E-state index contributed by atoms with van der Waals surface area (Å²) in [6.07, 6.45) is 7.41. The van der Waals surface area contributed by atoms with E-state index >= 15 is 0 Å². The van der Waals surface area contributed by atoms with Gasteiger partial charge in [-0.3, -0.25) is 0 Å². The van der Waals surface area contributed by atoms with Gasteiger partial charge in [-0.25, -0.2) is 15.0 Å². The Kier molecular flexibility index (Phi) is 5.14. The summed E-state index contributed by atoms with van der Waals surface area (Å²) in [7, 11) is 0. The van der Waals surface area contributed by atoms with Crippen LogP contribution in [0.5, 0.6) is 0 Å². The molecule has 3 N–H and O–H groups in total. The molecule has 0 aromatic carbocycles. The van der Waals surface area contributed by atoms with Crippen LogP contribution in [0.3, 0.4) is 0 Å². The SMILES string of the molecule is CC(C)Nc1nc([C@@H](C)O)cc2cnc(NC3CCCCC3)nc12. The largest absolute Gasteiger partial charge is 0.387 e. The van der Waals surface area contributed by atoms with Crippen LogP contribution in [0.25, 0.3) is 10.9 Å². The fourth-order valence-corrected chi connectivity index (χ4v) is 3.15. The number of anilines is 2. The van der Waals surface area contributed by atoms with Gasteiger partial charge in [0.1, 0.15) is 5.52 Å². The van der Waals surface area contributed by atoms with Gasteiger partial charge < -0.3 is 15.7 Å². The van der Waals surface area contributed by atoms with Crippen LogP contribution in [0.4, 0.5) is 11.8 Å². The Morgan fingerprint density at radius 3 is 2.54 bits per heavy atom. The van der Waals surface area contributed by atoms with Crippen LogP contribution >= 0.6 is 0 Å².